The fraction of sp³-hybridized carbons (Fsp3) is 0.462. The lowest BCUT2D eigenvalue weighted by Gasteiger charge is -2.18. The van der Waals surface area contributed by atoms with Crippen LogP contribution in [0.15, 0.2) is 30.3 Å². The molecular weight excluding hydrogens is 202 g/mol. The van der Waals surface area contributed by atoms with E-state index in [9.17, 15) is 4.79 Å². The van der Waals surface area contributed by atoms with Gasteiger partial charge in [0.25, 0.3) is 0 Å². The first-order chi connectivity index (χ1) is 7.69. The van der Waals surface area contributed by atoms with Crippen molar-refractivity contribution in [2.75, 3.05) is 6.61 Å². The van der Waals surface area contributed by atoms with Gasteiger partial charge in [-0.2, -0.15) is 0 Å². The van der Waals surface area contributed by atoms with Gasteiger partial charge in [0, 0.05) is 6.04 Å². The fourth-order valence-electron chi connectivity index (χ4n) is 1.94. The molecule has 2 N–H and O–H groups in total. The van der Waals surface area contributed by atoms with Crippen LogP contribution in [0.5, 0.6) is 0 Å². The average Bonchev–Trinajstić information content (AvgIpc) is 3.11. The third-order valence-corrected chi connectivity index (χ3v) is 3.16. The van der Waals surface area contributed by atoms with Crippen molar-refractivity contribution in [2.24, 2.45) is 0 Å². The molecule has 1 aromatic carbocycles. The molecule has 0 aromatic heterocycles. The Labute approximate surface area is 95.5 Å². The lowest BCUT2D eigenvalue weighted by atomic mass is 9.95. The van der Waals surface area contributed by atoms with Crippen molar-refractivity contribution in [1.82, 2.24) is 5.32 Å². The van der Waals surface area contributed by atoms with Crippen molar-refractivity contribution in [3.8, 4) is 0 Å². The molecule has 86 valence electrons. The maximum absolute atomic E-state index is 12.1. The standard InChI is InChI=1S/C13H17NO2/c1-10(9-15)14-12(16)13(7-8-13)11-5-3-2-4-6-11/h2-6,10,15H,7-9H2,1H3,(H,14,16)/t10-/m1/s1. The molecule has 1 fully saturated rings. The lowest BCUT2D eigenvalue weighted by molar-refractivity contribution is -0.124. The Morgan fingerprint density at radius 2 is 2.06 bits per heavy atom. The van der Waals surface area contributed by atoms with Gasteiger partial charge in [-0.05, 0) is 25.3 Å². The van der Waals surface area contributed by atoms with Crippen LogP contribution in [0.3, 0.4) is 0 Å². The number of hydrogen-bond acceptors (Lipinski definition) is 2. The molecule has 0 heterocycles. The molecule has 1 aliphatic rings. The van der Waals surface area contributed by atoms with Gasteiger partial charge in [0.15, 0.2) is 0 Å². The first-order valence-corrected chi connectivity index (χ1v) is 5.66. The molecular formula is C13H17NO2. The molecule has 0 radical (unpaired) electrons. The van der Waals surface area contributed by atoms with Gasteiger partial charge < -0.3 is 10.4 Å². The van der Waals surface area contributed by atoms with Gasteiger partial charge in [0.05, 0.1) is 12.0 Å². The van der Waals surface area contributed by atoms with E-state index in [0.717, 1.165) is 18.4 Å². The van der Waals surface area contributed by atoms with Crippen molar-refractivity contribution < 1.29 is 9.90 Å². The van der Waals surface area contributed by atoms with Crippen LogP contribution in [0, 0.1) is 0 Å². The summed E-state index contributed by atoms with van der Waals surface area (Å²) < 4.78 is 0. The molecule has 3 nitrogen and oxygen atoms in total. The Morgan fingerprint density at radius 1 is 1.44 bits per heavy atom. The second kappa shape index (κ2) is 4.26. The largest absolute Gasteiger partial charge is 0.394 e. The minimum absolute atomic E-state index is 0.0173. The third kappa shape index (κ3) is 1.95. The summed E-state index contributed by atoms with van der Waals surface area (Å²) in [5, 5.41) is 11.8. The van der Waals surface area contributed by atoms with Gasteiger partial charge in [-0.15, -0.1) is 0 Å². The molecule has 0 spiro atoms. The van der Waals surface area contributed by atoms with Crippen molar-refractivity contribution >= 4 is 5.91 Å². The average molecular weight is 219 g/mol. The normalized spacial score (nSPS) is 18.9. The number of benzene rings is 1. The Balaban J connectivity index is 2.12. The van der Waals surface area contributed by atoms with E-state index < -0.39 is 0 Å². The van der Waals surface area contributed by atoms with Crippen LogP contribution in [0.25, 0.3) is 0 Å². The summed E-state index contributed by atoms with van der Waals surface area (Å²) in [5.41, 5.74) is 0.752. The molecule has 1 aromatic rings. The van der Waals surface area contributed by atoms with E-state index in [1.807, 2.05) is 30.3 Å². The quantitative estimate of drug-likeness (QED) is 0.799. The highest BCUT2D eigenvalue weighted by atomic mass is 16.3. The topological polar surface area (TPSA) is 49.3 Å². The number of aliphatic hydroxyl groups is 1. The molecule has 1 amide bonds. The first kappa shape index (κ1) is 11.1. The van der Waals surface area contributed by atoms with Crippen LogP contribution in [-0.4, -0.2) is 23.7 Å². The second-order valence-corrected chi connectivity index (χ2v) is 4.51. The van der Waals surface area contributed by atoms with E-state index in [1.54, 1.807) is 6.92 Å². The molecule has 0 unspecified atom stereocenters. The lowest BCUT2D eigenvalue weighted by Crippen LogP contribution is -2.41. The zero-order valence-corrected chi connectivity index (χ0v) is 9.44. The van der Waals surface area contributed by atoms with Crippen LogP contribution in [0.1, 0.15) is 25.3 Å². The SMILES string of the molecule is C[C@H](CO)NC(=O)C1(c2ccccc2)CC1. The maximum atomic E-state index is 12.1. The predicted molar refractivity (Wildman–Crippen MR) is 62.0 cm³/mol. The minimum Gasteiger partial charge on any atom is -0.394 e. The summed E-state index contributed by atoms with van der Waals surface area (Å²) in [4.78, 5) is 12.1. The molecule has 1 atom stereocenters. The fourth-order valence-corrected chi connectivity index (χ4v) is 1.94. The van der Waals surface area contributed by atoms with E-state index in [0.29, 0.717) is 0 Å². The minimum atomic E-state index is -0.329. The molecule has 0 bridgehead atoms. The highest BCUT2D eigenvalue weighted by Gasteiger charge is 2.51. The molecule has 16 heavy (non-hydrogen) atoms. The maximum Gasteiger partial charge on any atom is 0.230 e. The number of carbonyl (C=O) groups is 1. The zero-order chi connectivity index (χ0) is 11.6. The summed E-state index contributed by atoms with van der Waals surface area (Å²) >= 11 is 0. The molecule has 1 saturated carbocycles. The monoisotopic (exact) mass is 219 g/mol. The summed E-state index contributed by atoms with van der Waals surface area (Å²) in [6.45, 7) is 1.79. The highest BCUT2D eigenvalue weighted by molar-refractivity contribution is 5.91. The molecule has 0 saturated heterocycles. The van der Waals surface area contributed by atoms with Crippen molar-refractivity contribution in [3.63, 3.8) is 0 Å². The first-order valence-electron chi connectivity index (χ1n) is 5.66. The molecule has 1 aliphatic carbocycles. The number of rotatable bonds is 4. The van der Waals surface area contributed by atoms with Crippen LogP contribution in [0.4, 0.5) is 0 Å². The van der Waals surface area contributed by atoms with Gasteiger partial charge >= 0.3 is 0 Å². The Hall–Kier alpha value is -1.35. The van der Waals surface area contributed by atoms with Gasteiger partial charge in [0.2, 0.25) is 5.91 Å². The predicted octanol–water partition coefficient (Wildman–Crippen LogP) is 1.22. The van der Waals surface area contributed by atoms with Gasteiger partial charge in [-0.3, -0.25) is 4.79 Å². The smallest absolute Gasteiger partial charge is 0.230 e. The molecule has 2 rings (SSSR count). The Morgan fingerprint density at radius 3 is 2.56 bits per heavy atom. The number of hydrogen-bond donors (Lipinski definition) is 2. The van der Waals surface area contributed by atoms with Crippen molar-refractivity contribution in [1.29, 1.82) is 0 Å². The number of aliphatic hydroxyl groups excluding tert-OH is 1. The number of amides is 1. The van der Waals surface area contributed by atoms with Crippen LogP contribution in [0.2, 0.25) is 0 Å². The zero-order valence-electron chi connectivity index (χ0n) is 9.44. The highest BCUT2D eigenvalue weighted by Crippen LogP contribution is 2.48. The Bertz CT molecular complexity index is 371. The van der Waals surface area contributed by atoms with Crippen molar-refractivity contribution in [3.05, 3.63) is 35.9 Å². The van der Waals surface area contributed by atoms with Crippen LogP contribution >= 0.6 is 0 Å². The van der Waals surface area contributed by atoms with E-state index >= 15 is 0 Å². The van der Waals surface area contributed by atoms with Gasteiger partial charge in [-0.1, -0.05) is 30.3 Å². The Kier molecular flexibility index (Phi) is 2.97. The second-order valence-electron chi connectivity index (χ2n) is 4.51. The summed E-state index contributed by atoms with van der Waals surface area (Å²) in [6.07, 6.45) is 1.81. The van der Waals surface area contributed by atoms with Gasteiger partial charge in [0.1, 0.15) is 0 Å². The summed E-state index contributed by atoms with van der Waals surface area (Å²) in [7, 11) is 0. The third-order valence-electron chi connectivity index (χ3n) is 3.16. The number of carbonyl (C=O) groups excluding carboxylic acids is 1. The van der Waals surface area contributed by atoms with E-state index in [1.165, 1.54) is 0 Å². The van der Waals surface area contributed by atoms with Crippen LogP contribution in [-0.2, 0) is 10.2 Å². The summed E-state index contributed by atoms with van der Waals surface area (Å²) in [6, 6.07) is 9.69. The van der Waals surface area contributed by atoms with Crippen LogP contribution < -0.4 is 5.32 Å². The van der Waals surface area contributed by atoms with E-state index in [-0.39, 0.29) is 24.0 Å². The molecule has 3 heteroatoms. The van der Waals surface area contributed by atoms with Gasteiger partial charge in [-0.25, -0.2) is 0 Å². The summed E-state index contributed by atoms with van der Waals surface area (Å²) in [5.74, 6) is 0.0419. The van der Waals surface area contributed by atoms with E-state index in [4.69, 9.17) is 5.11 Å². The van der Waals surface area contributed by atoms with Crippen molar-refractivity contribution in [2.45, 2.75) is 31.2 Å². The molecule has 0 aliphatic heterocycles. The number of nitrogens with one attached hydrogen (secondary N) is 1. The van der Waals surface area contributed by atoms with E-state index in [2.05, 4.69) is 5.32 Å².